The van der Waals surface area contributed by atoms with Gasteiger partial charge < -0.3 is 14.2 Å². The molecule has 0 amide bonds. The summed E-state index contributed by atoms with van der Waals surface area (Å²) in [6.07, 6.45) is 1.81. The quantitative estimate of drug-likeness (QED) is 0.407. The number of hydrogen-bond acceptors (Lipinski definition) is 5. The van der Waals surface area contributed by atoms with Crippen molar-refractivity contribution >= 4 is 34.8 Å². The third-order valence-corrected chi connectivity index (χ3v) is 5.20. The third kappa shape index (κ3) is 3.60. The van der Waals surface area contributed by atoms with E-state index in [1.54, 1.807) is 31.4 Å². The van der Waals surface area contributed by atoms with Crippen LogP contribution < -0.4 is 9.47 Å². The van der Waals surface area contributed by atoms with E-state index in [-0.39, 0.29) is 11.6 Å². The monoisotopic (exact) mass is 429 g/mol. The first-order chi connectivity index (χ1) is 15.1. The maximum atomic E-state index is 12.8. The summed E-state index contributed by atoms with van der Waals surface area (Å²) in [7, 11) is 1.62. The van der Waals surface area contributed by atoms with Crippen molar-refractivity contribution in [2.24, 2.45) is 4.99 Å². The highest BCUT2D eigenvalue weighted by molar-refractivity contribution is 6.31. The van der Waals surface area contributed by atoms with Gasteiger partial charge in [0.25, 0.3) is 0 Å². The molecule has 0 radical (unpaired) electrons. The minimum atomic E-state index is -0.521. The highest BCUT2D eigenvalue weighted by Gasteiger charge is 2.30. The van der Waals surface area contributed by atoms with Crippen LogP contribution in [0.3, 0.4) is 0 Å². The van der Waals surface area contributed by atoms with E-state index < -0.39 is 5.97 Å². The van der Waals surface area contributed by atoms with Gasteiger partial charge in [0.05, 0.1) is 7.11 Å². The van der Waals surface area contributed by atoms with Gasteiger partial charge in [-0.15, -0.1) is 0 Å². The molecule has 0 unspecified atom stereocenters. The van der Waals surface area contributed by atoms with E-state index in [0.29, 0.717) is 27.7 Å². The first-order valence-electron chi connectivity index (χ1n) is 9.57. The fraction of sp³-hybridized carbons (Fsp3) is 0.0400. The first-order valence-corrected chi connectivity index (χ1v) is 9.94. The molecular formula is C25H16ClNO4. The standard InChI is InChI=1S/C25H16ClNO4/c1-29-18-11-9-15(10-12-18)22-14-20(19-7-2-3-8-21(19)30-22)23-25(28)31-24(27-23)16-5-4-6-17(26)13-16/h2-14H,1H3/b23-20-. The van der Waals surface area contributed by atoms with Crippen LogP contribution in [0.15, 0.2) is 89.6 Å². The molecular weight excluding hydrogens is 414 g/mol. The van der Waals surface area contributed by atoms with Crippen LogP contribution in [-0.4, -0.2) is 19.0 Å². The lowest BCUT2D eigenvalue weighted by Crippen LogP contribution is -2.08. The van der Waals surface area contributed by atoms with Gasteiger partial charge in [-0.1, -0.05) is 35.9 Å². The molecule has 0 bridgehead atoms. The largest absolute Gasteiger partial charge is 0.497 e. The molecule has 0 N–H and O–H groups in total. The number of fused-ring (bicyclic) bond motifs is 1. The lowest BCUT2D eigenvalue weighted by Gasteiger charge is -2.20. The van der Waals surface area contributed by atoms with Crippen molar-refractivity contribution in [2.45, 2.75) is 0 Å². The Labute approximate surface area is 183 Å². The van der Waals surface area contributed by atoms with Crippen molar-refractivity contribution in [3.8, 4) is 11.5 Å². The van der Waals surface area contributed by atoms with Gasteiger partial charge in [0.1, 0.15) is 17.3 Å². The maximum absolute atomic E-state index is 12.8. The van der Waals surface area contributed by atoms with E-state index in [1.165, 1.54) is 0 Å². The summed E-state index contributed by atoms with van der Waals surface area (Å²) < 4.78 is 16.8. The Hall–Kier alpha value is -3.83. The van der Waals surface area contributed by atoms with Crippen LogP contribution in [0.5, 0.6) is 11.5 Å². The van der Waals surface area contributed by atoms with Crippen molar-refractivity contribution < 1.29 is 19.0 Å². The predicted molar refractivity (Wildman–Crippen MR) is 119 cm³/mol. The average Bonchev–Trinajstić information content (AvgIpc) is 3.20. The van der Waals surface area contributed by atoms with Crippen LogP contribution >= 0.6 is 11.6 Å². The zero-order valence-corrected chi connectivity index (χ0v) is 17.2. The summed E-state index contributed by atoms with van der Waals surface area (Å²) in [4.78, 5) is 17.3. The summed E-state index contributed by atoms with van der Waals surface area (Å²) in [5, 5.41) is 0.537. The number of rotatable bonds is 3. The topological polar surface area (TPSA) is 57.1 Å². The smallest absolute Gasteiger partial charge is 0.364 e. The number of esters is 1. The number of halogens is 1. The zero-order valence-electron chi connectivity index (χ0n) is 16.5. The van der Waals surface area contributed by atoms with Crippen LogP contribution in [0.2, 0.25) is 5.02 Å². The molecule has 0 aliphatic carbocycles. The average molecular weight is 430 g/mol. The molecule has 2 aliphatic rings. The third-order valence-electron chi connectivity index (χ3n) is 4.97. The van der Waals surface area contributed by atoms with Crippen LogP contribution in [0.4, 0.5) is 0 Å². The zero-order chi connectivity index (χ0) is 21.4. The van der Waals surface area contributed by atoms with E-state index >= 15 is 0 Å². The molecule has 0 aromatic heterocycles. The summed E-state index contributed by atoms with van der Waals surface area (Å²) in [5.74, 6) is 1.68. The molecule has 6 heteroatoms. The van der Waals surface area contributed by atoms with Crippen LogP contribution in [0.25, 0.3) is 11.3 Å². The molecule has 152 valence electrons. The molecule has 0 saturated heterocycles. The van der Waals surface area contributed by atoms with Crippen LogP contribution in [0, 0.1) is 0 Å². The SMILES string of the molecule is COc1ccc(C2=C/C(=C3/N=C(c4cccc(Cl)c4)OC3=O)c3ccccc3O2)cc1. The number of carbonyl (C=O) groups excluding carboxylic acids is 1. The van der Waals surface area contributed by atoms with Gasteiger partial charge in [0.2, 0.25) is 5.90 Å². The number of benzene rings is 3. The maximum Gasteiger partial charge on any atom is 0.364 e. The van der Waals surface area contributed by atoms with E-state index in [0.717, 1.165) is 16.9 Å². The highest BCUT2D eigenvalue weighted by atomic mass is 35.5. The lowest BCUT2D eigenvalue weighted by atomic mass is 9.97. The molecule has 5 rings (SSSR count). The summed E-state index contributed by atoms with van der Waals surface area (Å²) in [6, 6.07) is 22.0. The molecule has 2 heterocycles. The second-order valence-electron chi connectivity index (χ2n) is 6.91. The lowest BCUT2D eigenvalue weighted by molar-refractivity contribution is -0.129. The van der Waals surface area contributed by atoms with Crippen molar-refractivity contribution in [1.29, 1.82) is 0 Å². The van der Waals surface area contributed by atoms with Gasteiger partial charge in [-0.25, -0.2) is 9.79 Å². The van der Waals surface area contributed by atoms with Gasteiger partial charge >= 0.3 is 5.97 Å². The number of ether oxygens (including phenoxy) is 3. The van der Waals surface area contributed by atoms with E-state index in [1.807, 2.05) is 54.6 Å². The first kappa shape index (κ1) is 19.2. The van der Waals surface area contributed by atoms with E-state index in [4.69, 9.17) is 25.8 Å². The summed E-state index contributed by atoms with van der Waals surface area (Å²) >= 11 is 6.08. The molecule has 0 atom stereocenters. The fourth-order valence-electron chi connectivity index (χ4n) is 3.45. The molecule has 0 fully saturated rings. The Morgan fingerprint density at radius 3 is 2.48 bits per heavy atom. The van der Waals surface area contributed by atoms with Crippen LogP contribution in [0.1, 0.15) is 16.7 Å². The molecule has 3 aromatic carbocycles. The van der Waals surface area contributed by atoms with Crippen LogP contribution in [-0.2, 0) is 9.53 Å². The Morgan fingerprint density at radius 2 is 1.71 bits per heavy atom. The van der Waals surface area contributed by atoms with Gasteiger partial charge in [-0.2, -0.15) is 0 Å². The van der Waals surface area contributed by atoms with Gasteiger partial charge in [0, 0.05) is 27.3 Å². The van der Waals surface area contributed by atoms with E-state index in [9.17, 15) is 4.79 Å². The minimum Gasteiger partial charge on any atom is -0.497 e. The second kappa shape index (κ2) is 7.78. The van der Waals surface area contributed by atoms with Gasteiger partial charge in [-0.05, 0) is 54.6 Å². The van der Waals surface area contributed by atoms with Gasteiger partial charge in [-0.3, -0.25) is 0 Å². The summed E-state index contributed by atoms with van der Waals surface area (Å²) in [6.45, 7) is 0. The Kier molecular flexibility index (Phi) is 4.81. The van der Waals surface area contributed by atoms with Crippen molar-refractivity contribution in [3.63, 3.8) is 0 Å². The number of carbonyl (C=O) groups is 1. The Bertz CT molecular complexity index is 1290. The number of methoxy groups -OCH3 is 1. The molecule has 0 saturated carbocycles. The number of para-hydroxylation sites is 1. The van der Waals surface area contributed by atoms with Gasteiger partial charge in [0.15, 0.2) is 5.70 Å². The van der Waals surface area contributed by atoms with E-state index in [2.05, 4.69) is 4.99 Å². The number of nitrogens with zero attached hydrogens (tertiary/aromatic N) is 1. The summed E-state index contributed by atoms with van der Waals surface area (Å²) in [5.41, 5.74) is 3.10. The highest BCUT2D eigenvalue weighted by Crippen LogP contribution is 2.40. The number of allylic oxidation sites excluding steroid dienone is 2. The van der Waals surface area contributed by atoms with Crippen molar-refractivity contribution in [2.75, 3.05) is 7.11 Å². The number of cyclic esters (lactones) is 1. The molecule has 31 heavy (non-hydrogen) atoms. The molecule has 0 spiro atoms. The minimum absolute atomic E-state index is 0.219. The second-order valence-corrected chi connectivity index (χ2v) is 7.35. The predicted octanol–water partition coefficient (Wildman–Crippen LogP) is 5.50. The molecule has 2 aliphatic heterocycles. The Morgan fingerprint density at radius 1 is 0.903 bits per heavy atom. The number of hydrogen-bond donors (Lipinski definition) is 0. The molecule has 5 nitrogen and oxygen atoms in total. The normalized spacial score (nSPS) is 17.3. The molecule has 3 aromatic rings. The van der Waals surface area contributed by atoms with Crippen molar-refractivity contribution in [1.82, 2.24) is 0 Å². The number of aliphatic imine (C=N–C) groups is 1. The Balaban J connectivity index is 1.65. The van der Waals surface area contributed by atoms with Crippen molar-refractivity contribution in [3.05, 3.63) is 106 Å². The fourth-order valence-corrected chi connectivity index (χ4v) is 3.64.